The molecule has 0 heterocycles. The quantitative estimate of drug-likeness (QED) is 0.641. The molecule has 0 radical (unpaired) electrons. The third-order valence-electron chi connectivity index (χ3n) is 2.87. The normalized spacial score (nSPS) is 15.1. The van der Waals surface area contributed by atoms with Crippen molar-refractivity contribution in [2.45, 2.75) is 59.3 Å². The van der Waals surface area contributed by atoms with Crippen LogP contribution in [0.25, 0.3) is 0 Å². The number of hydrogen-bond donors (Lipinski definition) is 1. The van der Waals surface area contributed by atoms with Crippen molar-refractivity contribution in [3.05, 3.63) is 0 Å². The molecule has 84 valence electrons. The van der Waals surface area contributed by atoms with Gasteiger partial charge in [-0.1, -0.05) is 52.9 Å². The first-order chi connectivity index (χ1) is 6.57. The van der Waals surface area contributed by atoms with Crippen molar-refractivity contribution < 1.29 is 4.79 Å². The molecule has 0 spiro atoms. The van der Waals surface area contributed by atoms with Gasteiger partial charge in [-0.05, 0) is 12.3 Å². The number of carbonyl (C=O) groups is 1. The van der Waals surface area contributed by atoms with Crippen LogP contribution in [0.15, 0.2) is 0 Å². The summed E-state index contributed by atoms with van der Waals surface area (Å²) in [7, 11) is 0. The average molecular weight is 199 g/mol. The Morgan fingerprint density at radius 1 is 1.14 bits per heavy atom. The lowest BCUT2D eigenvalue weighted by molar-refractivity contribution is -0.121. The van der Waals surface area contributed by atoms with Gasteiger partial charge in [0.1, 0.15) is 0 Å². The number of amides is 1. The molecule has 0 saturated heterocycles. The molecule has 2 N–H and O–H groups in total. The van der Waals surface area contributed by atoms with E-state index in [1.54, 1.807) is 0 Å². The van der Waals surface area contributed by atoms with Crippen LogP contribution in [0, 0.1) is 11.8 Å². The van der Waals surface area contributed by atoms with Crippen LogP contribution in [0.4, 0.5) is 0 Å². The van der Waals surface area contributed by atoms with Gasteiger partial charge in [0.2, 0.25) is 5.91 Å². The minimum atomic E-state index is -0.161. The lowest BCUT2D eigenvalue weighted by atomic mass is 9.95. The van der Waals surface area contributed by atoms with Gasteiger partial charge in [-0.2, -0.15) is 0 Å². The lowest BCUT2D eigenvalue weighted by Crippen LogP contribution is -2.20. The molecule has 0 aliphatic carbocycles. The molecule has 0 fully saturated rings. The summed E-state index contributed by atoms with van der Waals surface area (Å²) in [6.07, 6.45) is 7.24. The zero-order valence-corrected chi connectivity index (χ0v) is 9.88. The van der Waals surface area contributed by atoms with Crippen molar-refractivity contribution in [1.29, 1.82) is 0 Å². The molecule has 2 heteroatoms. The molecule has 0 bridgehead atoms. The topological polar surface area (TPSA) is 43.1 Å². The molecular formula is C12H25NO. The van der Waals surface area contributed by atoms with Crippen LogP contribution >= 0.6 is 0 Å². The van der Waals surface area contributed by atoms with Gasteiger partial charge in [-0.3, -0.25) is 4.79 Å². The fourth-order valence-electron chi connectivity index (χ4n) is 1.61. The molecule has 2 nitrogen and oxygen atoms in total. The Balaban J connectivity index is 3.39. The third-order valence-corrected chi connectivity index (χ3v) is 2.87. The lowest BCUT2D eigenvalue weighted by Gasteiger charge is -2.11. The summed E-state index contributed by atoms with van der Waals surface area (Å²) in [5.41, 5.74) is 5.19. The number of carbonyl (C=O) groups excluding carboxylic acids is 1. The van der Waals surface area contributed by atoms with E-state index in [2.05, 4.69) is 13.8 Å². The average Bonchev–Trinajstić information content (AvgIpc) is 2.14. The second-order valence-electron chi connectivity index (χ2n) is 4.48. The Morgan fingerprint density at radius 3 is 2.21 bits per heavy atom. The number of unbranched alkanes of at least 4 members (excludes halogenated alkanes) is 1. The van der Waals surface area contributed by atoms with E-state index >= 15 is 0 Å². The van der Waals surface area contributed by atoms with Crippen LogP contribution in [-0.2, 0) is 4.79 Å². The predicted octanol–water partition coefficient (Wildman–Crippen LogP) is 3.10. The van der Waals surface area contributed by atoms with Gasteiger partial charge in [0.05, 0.1) is 0 Å². The second kappa shape index (κ2) is 7.84. The Hall–Kier alpha value is -0.530. The maximum atomic E-state index is 10.8. The highest BCUT2D eigenvalue weighted by Crippen LogP contribution is 2.17. The first-order valence-electron chi connectivity index (χ1n) is 5.87. The molecule has 14 heavy (non-hydrogen) atoms. The standard InChI is InChI=1S/C12H25NO/c1-4-5-7-10(2)8-6-9-11(3)12(13)14/h10-11H,4-9H2,1-3H3,(H2,13,14). The Bertz CT molecular complexity index is 156. The summed E-state index contributed by atoms with van der Waals surface area (Å²) in [6, 6.07) is 0. The molecule has 2 unspecified atom stereocenters. The van der Waals surface area contributed by atoms with Crippen LogP contribution in [-0.4, -0.2) is 5.91 Å². The molecule has 0 aliphatic heterocycles. The Morgan fingerprint density at radius 2 is 1.71 bits per heavy atom. The molecule has 0 aromatic carbocycles. The van der Waals surface area contributed by atoms with Crippen LogP contribution in [0.3, 0.4) is 0 Å². The van der Waals surface area contributed by atoms with Gasteiger partial charge in [-0.25, -0.2) is 0 Å². The molecule has 1 amide bonds. The maximum absolute atomic E-state index is 10.8. The van der Waals surface area contributed by atoms with Crippen LogP contribution in [0.2, 0.25) is 0 Å². The number of rotatable bonds is 8. The minimum absolute atomic E-state index is 0.0494. The highest BCUT2D eigenvalue weighted by atomic mass is 16.1. The van der Waals surface area contributed by atoms with Gasteiger partial charge in [-0.15, -0.1) is 0 Å². The number of nitrogens with two attached hydrogens (primary N) is 1. The van der Waals surface area contributed by atoms with Crippen molar-refractivity contribution in [3.63, 3.8) is 0 Å². The highest BCUT2D eigenvalue weighted by Gasteiger charge is 2.09. The number of primary amides is 1. The minimum Gasteiger partial charge on any atom is -0.369 e. The largest absolute Gasteiger partial charge is 0.369 e. The molecule has 0 aromatic heterocycles. The summed E-state index contributed by atoms with van der Waals surface area (Å²) in [4.78, 5) is 10.8. The van der Waals surface area contributed by atoms with Gasteiger partial charge in [0.25, 0.3) is 0 Å². The maximum Gasteiger partial charge on any atom is 0.220 e. The molecular weight excluding hydrogens is 174 g/mol. The van der Waals surface area contributed by atoms with Gasteiger partial charge >= 0.3 is 0 Å². The summed E-state index contributed by atoms with van der Waals surface area (Å²) in [5.74, 6) is 0.689. The highest BCUT2D eigenvalue weighted by molar-refractivity contribution is 5.76. The predicted molar refractivity (Wildman–Crippen MR) is 60.9 cm³/mol. The van der Waals surface area contributed by atoms with Crippen molar-refractivity contribution in [3.8, 4) is 0 Å². The van der Waals surface area contributed by atoms with E-state index in [4.69, 9.17) is 5.73 Å². The van der Waals surface area contributed by atoms with Crippen molar-refractivity contribution in [1.82, 2.24) is 0 Å². The van der Waals surface area contributed by atoms with Gasteiger partial charge < -0.3 is 5.73 Å². The molecule has 0 rings (SSSR count). The monoisotopic (exact) mass is 199 g/mol. The zero-order chi connectivity index (χ0) is 11.0. The van der Waals surface area contributed by atoms with E-state index in [0.29, 0.717) is 0 Å². The smallest absolute Gasteiger partial charge is 0.220 e. The summed E-state index contributed by atoms with van der Waals surface area (Å²) in [5, 5.41) is 0. The van der Waals surface area contributed by atoms with Gasteiger partial charge in [0, 0.05) is 5.92 Å². The molecule has 0 aromatic rings. The van der Waals surface area contributed by atoms with Crippen LogP contribution in [0.1, 0.15) is 59.3 Å². The van der Waals surface area contributed by atoms with E-state index < -0.39 is 0 Å². The van der Waals surface area contributed by atoms with Crippen molar-refractivity contribution >= 4 is 5.91 Å². The SMILES string of the molecule is CCCCC(C)CCCC(C)C(N)=O. The number of hydrogen-bond acceptors (Lipinski definition) is 1. The summed E-state index contributed by atoms with van der Waals surface area (Å²) >= 11 is 0. The Labute approximate surface area is 88.3 Å². The fourth-order valence-corrected chi connectivity index (χ4v) is 1.61. The second-order valence-corrected chi connectivity index (χ2v) is 4.48. The summed E-state index contributed by atoms with van der Waals surface area (Å²) < 4.78 is 0. The van der Waals surface area contributed by atoms with Crippen LogP contribution in [0.5, 0.6) is 0 Å². The van der Waals surface area contributed by atoms with E-state index in [1.165, 1.54) is 25.7 Å². The summed E-state index contributed by atoms with van der Waals surface area (Å²) in [6.45, 7) is 6.44. The third kappa shape index (κ3) is 6.93. The first kappa shape index (κ1) is 13.5. The molecule has 0 aliphatic rings. The van der Waals surface area contributed by atoms with Gasteiger partial charge in [0.15, 0.2) is 0 Å². The fraction of sp³-hybridized carbons (Fsp3) is 0.917. The van der Waals surface area contributed by atoms with E-state index in [0.717, 1.165) is 18.8 Å². The van der Waals surface area contributed by atoms with Crippen molar-refractivity contribution in [2.24, 2.45) is 17.6 Å². The van der Waals surface area contributed by atoms with E-state index in [-0.39, 0.29) is 11.8 Å². The molecule has 2 atom stereocenters. The zero-order valence-electron chi connectivity index (χ0n) is 9.88. The first-order valence-corrected chi connectivity index (χ1v) is 5.87. The Kier molecular flexibility index (Phi) is 7.54. The van der Waals surface area contributed by atoms with Crippen molar-refractivity contribution in [2.75, 3.05) is 0 Å². The molecule has 0 saturated carbocycles. The van der Waals surface area contributed by atoms with Crippen LogP contribution < -0.4 is 5.73 Å². The van der Waals surface area contributed by atoms with E-state index in [9.17, 15) is 4.79 Å². The van der Waals surface area contributed by atoms with E-state index in [1.807, 2.05) is 6.92 Å².